The molecule has 1 aromatic rings. The van der Waals surface area contributed by atoms with E-state index >= 15 is 0 Å². The fourth-order valence-corrected chi connectivity index (χ4v) is 4.22. The number of carbonyl (C=O) groups excluding carboxylic acids is 1. The summed E-state index contributed by atoms with van der Waals surface area (Å²) in [7, 11) is 1.63. The van der Waals surface area contributed by atoms with Crippen LogP contribution in [0.4, 0.5) is 0 Å². The number of hydrogen-bond donors (Lipinski definition) is 2. The van der Waals surface area contributed by atoms with Gasteiger partial charge in [0.15, 0.2) is 5.78 Å². The molecule has 0 saturated heterocycles. The quantitative estimate of drug-likeness (QED) is 0.886. The van der Waals surface area contributed by atoms with Crippen LogP contribution in [-0.2, 0) is 4.79 Å². The van der Waals surface area contributed by atoms with Gasteiger partial charge < -0.3 is 15.2 Å². The van der Waals surface area contributed by atoms with Crippen molar-refractivity contribution in [2.45, 2.75) is 56.5 Å². The average molecular weight is 340 g/mol. The molecule has 3 atom stereocenters. The molecule has 132 valence electrons. The Balaban J connectivity index is 1.55. The van der Waals surface area contributed by atoms with E-state index in [-0.39, 0.29) is 23.5 Å². The van der Waals surface area contributed by atoms with Crippen molar-refractivity contribution in [3.63, 3.8) is 0 Å². The lowest BCUT2D eigenvalue weighted by molar-refractivity contribution is -0.116. The Labute approximate surface area is 147 Å². The number of rotatable bonds is 3. The highest BCUT2D eigenvalue weighted by Crippen LogP contribution is 2.36. The standard InChI is InChI=1S/C20H24N2O3/c1-25-14-8-6-12(7-9-14)13-10-17(23)19(18(24)11-13)20-21-15-4-2-3-5-16(15)22-20/h6-9,13,15-16,23H,2-5,10-11H2,1H3,(H,21,22)/t13?,15-,16-/m0/s1. The zero-order chi connectivity index (χ0) is 17.4. The van der Waals surface area contributed by atoms with Crippen molar-refractivity contribution in [1.29, 1.82) is 0 Å². The number of ketones is 1. The van der Waals surface area contributed by atoms with E-state index in [1.165, 1.54) is 12.8 Å². The van der Waals surface area contributed by atoms with Crippen molar-refractivity contribution in [1.82, 2.24) is 5.32 Å². The smallest absolute Gasteiger partial charge is 0.170 e. The minimum absolute atomic E-state index is 0.00596. The maximum absolute atomic E-state index is 12.7. The number of nitrogens with one attached hydrogen (secondary N) is 1. The molecule has 0 amide bonds. The summed E-state index contributed by atoms with van der Waals surface area (Å²) in [4.78, 5) is 17.4. The number of ether oxygens (including phenoxy) is 1. The van der Waals surface area contributed by atoms with E-state index < -0.39 is 0 Å². The van der Waals surface area contributed by atoms with Gasteiger partial charge in [-0.2, -0.15) is 0 Å². The predicted octanol–water partition coefficient (Wildman–Crippen LogP) is 3.27. The van der Waals surface area contributed by atoms with Gasteiger partial charge >= 0.3 is 0 Å². The van der Waals surface area contributed by atoms with Crippen LogP contribution in [0.15, 0.2) is 40.6 Å². The monoisotopic (exact) mass is 340 g/mol. The second-order valence-corrected chi connectivity index (χ2v) is 7.20. The zero-order valence-electron chi connectivity index (χ0n) is 14.5. The first-order valence-corrected chi connectivity index (χ1v) is 9.09. The van der Waals surface area contributed by atoms with Gasteiger partial charge in [0, 0.05) is 18.9 Å². The second kappa shape index (κ2) is 6.54. The van der Waals surface area contributed by atoms with Crippen LogP contribution in [0.1, 0.15) is 50.0 Å². The summed E-state index contributed by atoms with van der Waals surface area (Å²) in [5.41, 5.74) is 1.47. The summed E-state index contributed by atoms with van der Waals surface area (Å²) < 4.78 is 5.18. The normalized spacial score (nSPS) is 29.1. The molecule has 4 rings (SSSR count). The number of amidine groups is 1. The summed E-state index contributed by atoms with van der Waals surface area (Å²) in [6.45, 7) is 0. The van der Waals surface area contributed by atoms with Gasteiger partial charge in [-0.3, -0.25) is 9.79 Å². The molecular formula is C20H24N2O3. The number of aliphatic hydroxyl groups is 1. The minimum Gasteiger partial charge on any atom is -0.511 e. The van der Waals surface area contributed by atoms with E-state index in [1.807, 2.05) is 24.3 Å². The lowest BCUT2D eigenvalue weighted by atomic mass is 9.82. The number of benzene rings is 1. The van der Waals surface area contributed by atoms with Crippen LogP contribution in [0, 0.1) is 0 Å². The van der Waals surface area contributed by atoms with Gasteiger partial charge in [-0.15, -0.1) is 0 Å². The molecule has 0 radical (unpaired) electrons. The molecule has 25 heavy (non-hydrogen) atoms. The zero-order valence-corrected chi connectivity index (χ0v) is 14.5. The van der Waals surface area contributed by atoms with Crippen LogP contribution in [0.2, 0.25) is 0 Å². The largest absolute Gasteiger partial charge is 0.511 e. The third-order valence-corrected chi connectivity index (χ3v) is 5.61. The number of hydrogen-bond acceptors (Lipinski definition) is 5. The number of fused-ring (bicyclic) bond motifs is 1. The Hall–Kier alpha value is -2.30. The minimum atomic E-state index is -0.0190. The summed E-state index contributed by atoms with van der Waals surface area (Å²) >= 11 is 0. The summed E-state index contributed by atoms with van der Waals surface area (Å²) in [6.07, 6.45) is 5.44. The van der Waals surface area contributed by atoms with E-state index in [0.717, 1.165) is 24.2 Å². The molecule has 3 aliphatic rings. The molecule has 0 aromatic heterocycles. The molecule has 0 bridgehead atoms. The summed E-state index contributed by atoms with van der Waals surface area (Å²) in [5, 5.41) is 14.0. The number of methoxy groups -OCH3 is 1. The highest BCUT2D eigenvalue weighted by Gasteiger charge is 2.37. The maximum Gasteiger partial charge on any atom is 0.170 e. The molecular weight excluding hydrogens is 316 g/mol. The molecule has 1 saturated carbocycles. The van der Waals surface area contributed by atoms with Crippen LogP contribution in [0.3, 0.4) is 0 Å². The summed E-state index contributed by atoms with van der Waals surface area (Å²) in [6, 6.07) is 8.31. The van der Waals surface area contributed by atoms with Gasteiger partial charge in [-0.05, 0) is 36.5 Å². The van der Waals surface area contributed by atoms with Crippen molar-refractivity contribution in [3.05, 3.63) is 41.2 Å². The molecule has 0 spiro atoms. The Kier molecular flexibility index (Phi) is 4.24. The third kappa shape index (κ3) is 3.03. The molecule has 5 heteroatoms. The van der Waals surface area contributed by atoms with E-state index in [1.54, 1.807) is 7.11 Å². The van der Waals surface area contributed by atoms with E-state index in [4.69, 9.17) is 9.73 Å². The SMILES string of the molecule is COc1ccc(C2CC(=O)C(C3=N[C@H]4CCCC[C@@H]4N3)=C(O)C2)cc1. The van der Waals surface area contributed by atoms with E-state index in [0.29, 0.717) is 30.3 Å². The fourth-order valence-electron chi connectivity index (χ4n) is 4.22. The molecule has 2 N–H and O–H groups in total. The highest BCUT2D eigenvalue weighted by atomic mass is 16.5. The number of Topliss-reactive ketones (excluding diaryl/α,β-unsaturated/α-hetero) is 1. The van der Waals surface area contributed by atoms with Crippen LogP contribution >= 0.6 is 0 Å². The van der Waals surface area contributed by atoms with E-state index in [2.05, 4.69) is 5.32 Å². The number of aliphatic imine (C=N–C) groups is 1. The van der Waals surface area contributed by atoms with Gasteiger partial charge in [0.05, 0.1) is 18.7 Å². The second-order valence-electron chi connectivity index (χ2n) is 7.20. The van der Waals surface area contributed by atoms with Gasteiger partial charge in [-0.25, -0.2) is 0 Å². The van der Waals surface area contributed by atoms with Crippen molar-refractivity contribution in [3.8, 4) is 5.75 Å². The first-order chi connectivity index (χ1) is 12.2. The third-order valence-electron chi connectivity index (χ3n) is 5.61. The molecule has 1 unspecified atom stereocenters. The molecule has 1 fully saturated rings. The topological polar surface area (TPSA) is 70.9 Å². The van der Waals surface area contributed by atoms with Crippen LogP contribution in [0.5, 0.6) is 5.75 Å². The Morgan fingerprint density at radius 3 is 2.60 bits per heavy atom. The number of aliphatic hydroxyl groups excluding tert-OH is 1. The van der Waals surface area contributed by atoms with Gasteiger partial charge in [0.2, 0.25) is 0 Å². The molecule has 1 aliphatic heterocycles. The van der Waals surface area contributed by atoms with Gasteiger partial charge in [0.1, 0.15) is 17.3 Å². The average Bonchev–Trinajstić information content (AvgIpc) is 3.04. The maximum atomic E-state index is 12.7. The summed E-state index contributed by atoms with van der Waals surface area (Å²) in [5.74, 6) is 1.56. The van der Waals surface area contributed by atoms with Gasteiger partial charge in [0.25, 0.3) is 0 Å². The van der Waals surface area contributed by atoms with Crippen LogP contribution in [-0.4, -0.2) is 35.9 Å². The van der Waals surface area contributed by atoms with E-state index in [9.17, 15) is 9.90 Å². The molecule has 1 heterocycles. The van der Waals surface area contributed by atoms with Crippen molar-refractivity contribution >= 4 is 11.6 Å². The van der Waals surface area contributed by atoms with Crippen LogP contribution < -0.4 is 10.1 Å². The molecule has 1 aromatic carbocycles. The number of allylic oxidation sites excluding steroid dienone is 1. The number of nitrogens with zero attached hydrogens (tertiary/aromatic N) is 1. The predicted molar refractivity (Wildman–Crippen MR) is 96.2 cm³/mol. The first-order valence-electron chi connectivity index (χ1n) is 9.09. The Bertz CT molecular complexity index is 736. The Morgan fingerprint density at radius 2 is 1.92 bits per heavy atom. The molecule has 5 nitrogen and oxygen atoms in total. The van der Waals surface area contributed by atoms with Gasteiger partial charge in [-0.1, -0.05) is 25.0 Å². The lowest BCUT2D eigenvalue weighted by Crippen LogP contribution is -2.39. The van der Waals surface area contributed by atoms with Crippen molar-refractivity contribution in [2.75, 3.05) is 7.11 Å². The molecule has 2 aliphatic carbocycles. The first kappa shape index (κ1) is 16.2. The van der Waals surface area contributed by atoms with Crippen molar-refractivity contribution < 1.29 is 14.6 Å². The number of carbonyl (C=O) groups is 1. The Morgan fingerprint density at radius 1 is 1.16 bits per heavy atom. The fraction of sp³-hybridized carbons (Fsp3) is 0.500. The van der Waals surface area contributed by atoms with Crippen LogP contribution in [0.25, 0.3) is 0 Å². The van der Waals surface area contributed by atoms with Crippen molar-refractivity contribution in [2.24, 2.45) is 4.99 Å². The lowest BCUT2D eigenvalue weighted by Gasteiger charge is -2.25. The highest BCUT2D eigenvalue weighted by molar-refractivity contribution is 6.23.